The molecule has 1 amide bonds. The molecule has 0 bridgehead atoms. The first-order valence-electron chi connectivity index (χ1n) is 10.1. The van der Waals surface area contributed by atoms with Crippen LogP contribution in [0.25, 0.3) is 0 Å². The zero-order valence-electron chi connectivity index (χ0n) is 18.2. The molecule has 0 radical (unpaired) electrons. The third-order valence-corrected chi connectivity index (χ3v) is 4.48. The Kier molecular flexibility index (Phi) is 8.63. The molecule has 32 heavy (non-hydrogen) atoms. The number of amides is 1. The average Bonchev–Trinajstić information content (AvgIpc) is 2.67. The number of aliphatic hydroxyl groups is 1. The van der Waals surface area contributed by atoms with E-state index in [9.17, 15) is 27.5 Å². The summed E-state index contributed by atoms with van der Waals surface area (Å²) in [6, 6.07) is 11.2. The van der Waals surface area contributed by atoms with E-state index in [2.05, 4.69) is 10.6 Å². The SMILES string of the molecule is CC(C)(C)OC(=O)N[C@@H](Cc1ccccc1)[C@@H](O)CNCc1ccc(F)c(C(F)(F)F)c1. The lowest BCUT2D eigenvalue weighted by Gasteiger charge is -2.27. The lowest BCUT2D eigenvalue weighted by atomic mass is 10.0. The highest BCUT2D eigenvalue weighted by Gasteiger charge is 2.34. The third-order valence-electron chi connectivity index (χ3n) is 4.48. The van der Waals surface area contributed by atoms with Gasteiger partial charge >= 0.3 is 12.3 Å². The molecule has 0 saturated carbocycles. The maximum Gasteiger partial charge on any atom is 0.419 e. The molecule has 3 N–H and O–H groups in total. The number of hydrogen-bond acceptors (Lipinski definition) is 4. The minimum absolute atomic E-state index is 0.0218. The molecule has 2 rings (SSSR count). The van der Waals surface area contributed by atoms with E-state index in [1.54, 1.807) is 20.8 Å². The largest absolute Gasteiger partial charge is 0.444 e. The number of benzene rings is 2. The summed E-state index contributed by atoms with van der Waals surface area (Å²) in [5.74, 6) is -1.34. The molecule has 0 fully saturated rings. The van der Waals surface area contributed by atoms with E-state index in [4.69, 9.17) is 4.74 Å². The first-order chi connectivity index (χ1) is 14.8. The highest BCUT2D eigenvalue weighted by molar-refractivity contribution is 5.68. The standard InChI is InChI=1S/C23H28F4N2O3/c1-22(2,3)32-21(31)29-19(12-15-7-5-4-6-8-15)20(30)14-28-13-16-9-10-18(24)17(11-16)23(25,26)27/h4-11,19-20,28,30H,12-14H2,1-3H3,(H,29,31)/t19-,20-/m0/s1. The van der Waals surface area contributed by atoms with Crippen molar-refractivity contribution in [2.75, 3.05) is 6.54 Å². The van der Waals surface area contributed by atoms with Crippen LogP contribution in [-0.2, 0) is 23.9 Å². The number of halogens is 4. The molecule has 5 nitrogen and oxygen atoms in total. The second-order valence-corrected chi connectivity index (χ2v) is 8.45. The van der Waals surface area contributed by atoms with Gasteiger partial charge in [-0.05, 0) is 50.5 Å². The second-order valence-electron chi connectivity index (χ2n) is 8.45. The Balaban J connectivity index is 2.02. The first-order valence-corrected chi connectivity index (χ1v) is 10.1. The third kappa shape index (κ3) is 8.47. The molecule has 0 aliphatic heterocycles. The normalized spacial score (nSPS) is 14.0. The van der Waals surface area contributed by atoms with Crippen LogP contribution in [0.1, 0.15) is 37.5 Å². The number of aliphatic hydroxyl groups excluding tert-OH is 1. The van der Waals surface area contributed by atoms with Gasteiger partial charge in [0.2, 0.25) is 0 Å². The number of rotatable bonds is 8. The Labute approximate surface area is 184 Å². The van der Waals surface area contributed by atoms with Gasteiger partial charge in [0, 0.05) is 13.1 Å². The molecular formula is C23H28F4N2O3. The zero-order valence-corrected chi connectivity index (χ0v) is 18.2. The van der Waals surface area contributed by atoms with Gasteiger partial charge in [0.1, 0.15) is 11.4 Å². The van der Waals surface area contributed by atoms with Crippen molar-refractivity contribution >= 4 is 6.09 Å². The van der Waals surface area contributed by atoms with Crippen molar-refractivity contribution in [3.8, 4) is 0 Å². The summed E-state index contributed by atoms with van der Waals surface area (Å²) < 4.78 is 57.3. The summed E-state index contributed by atoms with van der Waals surface area (Å²) in [5.41, 5.74) is -0.971. The molecule has 9 heteroatoms. The van der Waals surface area contributed by atoms with Crippen LogP contribution in [0.2, 0.25) is 0 Å². The predicted molar refractivity (Wildman–Crippen MR) is 112 cm³/mol. The fourth-order valence-corrected chi connectivity index (χ4v) is 3.02. The Hall–Kier alpha value is -2.65. The highest BCUT2D eigenvalue weighted by Crippen LogP contribution is 2.31. The van der Waals surface area contributed by atoms with E-state index in [1.165, 1.54) is 6.07 Å². The molecule has 0 aromatic heterocycles. The summed E-state index contributed by atoms with van der Waals surface area (Å²) in [7, 11) is 0. The number of carbonyl (C=O) groups excluding carboxylic acids is 1. The van der Waals surface area contributed by atoms with Crippen LogP contribution < -0.4 is 10.6 Å². The maximum absolute atomic E-state index is 13.4. The monoisotopic (exact) mass is 456 g/mol. The lowest BCUT2D eigenvalue weighted by molar-refractivity contribution is -0.140. The van der Waals surface area contributed by atoms with Crippen LogP contribution in [0, 0.1) is 5.82 Å². The van der Waals surface area contributed by atoms with Crippen molar-refractivity contribution in [3.63, 3.8) is 0 Å². The number of alkyl carbamates (subject to hydrolysis) is 1. The molecule has 0 aliphatic carbocycles. The molecule has 2 aromatic rings. The Morgan fingerprint density at radius 2 is 1.72 bits per heavy atom. The van der Waals surface area contributed by atoms with Crippen LogP contribution in [-0.4, -0.2) is 35.5 Å². The van der Waals surface area contributed by atoms with Gasteiger partial charge in [-0.3, -0.25) is 0 Å². The van der Waals surface area contributed by atoms with Crippen LogP contribution in [0.3, 0.4) is 0 Å². The van der Waals surface area contributed by atoms with Gasteiger partial charge in [0.05, 0.1) is 17.7 Å². The second kappa shape index (κ2) is 10.8. The number of ether oxygens (including phenoxy) is 1. The molecular weight excluding hydrogens is 428 g/mol. The molecule has 2 aromatic carbocycles. The molecule has 176 valence electrons. The molecule has 0 aliphatic rings. The topological polar surface area (TPSA) is 70.6 Å². The Bertz CT molecular complexity index is 883. The van der Waals surface area contributed by atoms with Crippen molar-refractivity contribution in [1.29, 1.82) is 0 Å². The van der Waals surface area contributed by atoms with Crippen LogP contribution >= 0.6 is 0 Å². The Morgan fingerprint density at radius 3 is 2.31 bits per heavy atom. The van der Waals surface area contributed by atoms with E-state index in [-0.39, 0.29) is 18.7 Å². The van der Waals surface area contributed by atoms with E-state index >= 15 is 0 Å². The smallest absolute Gasteiger partial charge is 0.419 e. The van der Waals surface area contributed by atoms with Crippen molar-refractivity contribution in [2.45, 2.75) is 57.7 Å². The molecule has 0 saturated heterocycles. The van der Waals surface area contributed by atoms with Gasteiger partial charge < -0.3 is 20.5 Å². The summed E-state index contributed by atoms with van der Waals surface area (Å²) in [6.45, 7) is 5.11. The van der Waals surface area contributed by atoms with E-state index in [0.29, 0.717) is 6.42 Å². The zero-order chi connectivity index (χ0) is 23.9. The average molecular weight is 456 g/mol. The first kappa shape index (κ1) is 25.6. The van der Waals surface area contributed by atoms with E-state index in [1.807, 2.05) is 30.3 Å². The molecule has 2 atom stereocenters. The summed E-state index contributed by atoms with van der Waals surface area (Å²) in [6.07, 6.45) is -6.23. The summed E-state index contributed by atoms with van der Waals surface area (Å²) in [4.78, 5) is 12.2. The van der Waals surface area contributed by atoms with E-state index < -0.39 is 41.4 Å². The van der Waals surface area contributed by atoms with Crippen LogP contribution in [0.5, 0.6) is 0 Å². The minimum atomic E-state index is -4.79. The van der Waals surface area contributed by atoms with Gasteiger partial charge in [0.15, 0.2) is 0 Å². The summed E-state index contributed by atoms with van der Waals surface area (Å²) >= 11 is 0. The van der Waals surface area contributed by atoms with Crippen molar-refractivity contribution in [3.05, 3.63) is 71.0 Å². The number of alkyl halides is 3. The number of carbonyl (C=O) groups is 1. The van der Waals surface area contributed by atoms with Crippen molar-refractivity contribution in [1.82, 2.24) is 10.6 Å². The van der Waals surface area contributed by atoms with Gasteiger partial charge in [-0.25, -0.2) is 9.18 Å². The maximum atomic E-state index is 13.4. The van der Waals surface area contributed by atoms with Crippen LogP contribution in [0.15, 0.2) is 48.5 Å². The lowest BCUT2D eigenvalue weighted by Crippen LogP contribution is -2.49. The number of nitrogens with one attached hydrogen (secondary N) is 2. The summed E-state index contributed by atoms with van der Waals surface area (Å²) in [5, 5.41) is 16.2. The predicted octanol–water partition coefficient (Wildman–Crippen LogP) is 4.43. The highest BCUT2D eigenvalue weighted by atomic mass is 19.4. The van der Waals surface area contributed by atoms with Crippen molar-refractivity contribution in [2.24, 2.45) is 0 Å². The van der Waals surface area contributed by atoms with Crippen molar-refractivity contribution < 1.29 is 32.2 Å². The molecule has 0 heterocycles. The fourth-order valence-electron chi connectivity index (χ4n) is 3.02. The van der Waals surface area contributed by atoms with Gasteiger partial charge in [-0.2, -0.15) is 13.2 Å². The number of hydrogen-bond donors (Lipinski definition) is 3. The van der Waals surface area contributed by atoms with Gasteiger partial charge in [0.25, 0.3) is 0 Å². The molecule has 0 unspecified atom stereocenters. The molecule has 0 spiro atoms. The van der Waals surface area contributed by atoms with Gasteiger partial charge in [-0.1, -0.05) is 36.4 Å². The Morgan fingerprint density at radius 1 is 1.06 bits per heavy atom. The fraction of sp³-hybridized carbons (Fsp3) is 0.435. The van der Waals surface area contributed by atoms with Crippen LogP contribution in [0.4, 0.5) is 22.4 Å². The quantitative estimate of drug-likeness (QED) is 0.514. The minimum Gasteiger partial charge on any atom is -0.444 e. The van der Waals surface area contributed by atoms with Gasteiger partial charge in [-0.15, -0.1) is 0 Å². The van der Waals surface area contributed by atoms with E-state index in [0.717, 1.165) is 17.7 Å².